The number of halogens is 2. The fourth-order valence-electron chi connectivity index (χ4n) is 2.26. The van der Waals surface area contributed by atoms with Crippen molar-refractivity contribution in [3.05, 3.63) is 86.8 Å². The zero-order valence-electron chi connectivity index (χ0n) is 12.3. The average molecular weight is 426 g/mol. The summed E-state index contributed by atoms with van der Waals surface area (Å²) < 4.78 is 42.1. The lowest BCUT2D eigenvalue weighted by Gasteiger charge is -2.18. The van der Waals surface area contributed by atoms with Crippen LogP contribution in [-0.4, -0.2) is 8.42 Å². The van der Waals surface area contributed by atoms with Crippen LogP contribution in [0.15, 0.2) is 75.4 Å². The summed E-state index contributed by atoms with van der Waals surface area (Å²) in [5, 5.41) is 1.87. The standard InChI is InChI=1S/C17H13BrFNO2S2/c18-13-3-1-4-15(11-13)24(21,22)20-17(16-5-2-10-23-16)12-6-8-14(19)9-7-12/h1-11,17,20H. The van der Waals surface area contributed by atoms with Gasteiger partial charge in [0.25, 0.3) is 0 Å². The minimum Gasteiger partial charge on any atom is -0.207 e. The molecule has 3 nitrogen and oxygen atoms in total. The number of hydrogen-bond donors (Lipinski definition) is 1. The van der Waals surface area contributed by atoms with E-state index in [2.05, 4.69) is 20.7 Å². The van der Waals surface area contributed by atoms with Gasteiger partial charge in [-0.25, -0.2) is 12.8 Å². The van der Waals surface area contributed by atoms with E-state index < -0.39 is 16.1 Å². The van der Waals surface area contributed by atoms with E-state index in [0.717, 1.165) is 4.88 Å². The first-order chi connectivity index (χ1) is 11.5. The summed E-state index contributed by atoms with van der Waals surface area (Å²) in [6.45, 7) is 0. The predicted octanol–water partition coefficient (Wildman–Crippen LogP) is 4.72. The van der Waals surface area contributed by atoms with Crippen LogP contribution in [0.2, 0.25) is 0 Å². The molecule has 0 spiro atoms. The SMILES string of the molecule is O=S(=O)(NC(c1ccc(F)cc1)c1cccs1)c1cccc(Br)c1. The molecule has 1 unspecified atom stereocenters. The second-order valence-corrected chi connectivity index (χ2v) is 8.69. The van der Waals surface area contributed by atoms with Gasteiger partial charge in [0.2, 0.25) is 10.0 Å². The molecule has 24 heavy (non-hydrogen) atoms. The largest absolute Gasteiger partial charge is 0.241 e. The number of hydrogen-bond acceptors (Lipinski definition) is 3. The summed E-state index contributed by atoms with van der Waals surface area (Å²) in [5.41, 5.74) is 0.678. The predicted molar refractivity (Wildman–Crippen MR) is 97.0 cm³/mol. The molecular formula is C17H13BrFNO2S2. The Morgan fingerprint density at radius 3 is 2.42 bits per heavy atom. The molecule has 1 heterocycles. The summed E-state index contributed by atoms with van der Waals surface area (Å²) in [7, 11) is -3.73. The molecule has 0 radical (unpaired) electrons. The Morgan fingerprint density at radius 1 is 1.04 bits per heavy atom. The van der Waals surface area contributed by atoms with Crippen LogP contribution in [0.1, 0.15) is 16.5 Å². The number of benzene rings is 2. The van der Waals surface area contributed by atoms with Crippen LogP contribution in [-0.2, 0) is 10.0 Å². The quantitative estimate of drug-likeness (QED) is 0.642. The van der Waals surface area contributed by atoms with E-state index in [0.29, 0.717) is 10.0 Å². The Labute approximate surface area is 152 Å². The highest BCUT2D eigenvalue weighted by molar-refractivity contribution is 9.10. The van der Waals surface area contributed by atoms with Gasteiger partial charge in [0, 0.05) is 9.35 Å². The molecule has 1 N–H and O–H groups in total. The van der Waals surface area contributed by atoms with Crippen LogP contribution in [0.3, 0.4) is 0 Å². The van der Waals surface area contributed by atoms with Crippen molar-refractivity contribution in [3.63, 3.8) is 0 Å². The highest BCUT2D eigenvalue weighted by Crippen LogP contribution is 2.28. The molecule has 0 saturated carbocycles. The third-order valence-corrected chi connectivity index (χ3v) is 6.26. The van der Waals surface area contributed by atoms with Crippen molar-refractivity contribution in [3.8, 4) is 0 Å². The van der Waals surface area contributed by atoms with Crippen LogP contribution >= 0.6 is 27.3 Å². The van der Waals surface area contributed by atoms with Gasteiger partial charge in [-0.1, -0.05) is 40.2 Å². The van der Waals surface area contributed by atoms with Gasteiger partial charge in [-0.05, 0) is 47.3 Å². The molecule has 1 atom stereocenters. The Kier molecular flexibility index (Phi) is 5.15. The lowest BCUT2D eigenvalue weighted by molar-refractivity contribution is 0.573. The Morgan fingerprint density at radius 2 is 1.79 bits per heavy atom. The third-order valence-electron chi connectivity index (χ3n) is 3.41. The number of thiophene rings is 1. The molecule has 0 bridgehead atoms. The van der Waals surface area contributed by atoms with E-state index in [1.165, 1.54) is 29.5 Å². The molecule has 3 aromatic rings. The molecule has 3 rings (SSSR count). The lowest BCUT2D eigenvalue weighted by Crippen LogP contribution is -2.29. The van der Waals surface area contributed by atoms with E-state index in [1.54, 1.807) is 30.3 Å². The average Bonchev–Trinajstić information content (AvgIpc) is 3.08. The van der Waals surface area contributed by atoms with Crippen molar-refractivity contribution >= 4 is 37.3 Å². The van der Waals surface area contributed by atoms with Gasteiger partial charge < -0.3 is 0 Å². The van der Waals surface area contributed by atoms with Crippen molar-refractivity contribution in [2.24, 2.45) is 0 Å². The molecule has 0 aliphatic rings. The van der Waals surface area contributed by atoms with Gasteiger partial charge in [0.05, 0.1) is 10.9 Å². The Balaban J connectivity index is 1.99. The van der Waals surface area contributed by atoms with Crippen molar-refractivity contribution in [2.75, 3.05) is 0 Å². The van der Waals surface area contributed by atoms with E-state index >= 15 is 0 Å². The van der Waals surface area contributed by atoms with Gasteiger partial charge in [-0.3, -0.25) is 0 Å². The molecular weight excluding hydrogens is 413 g/mol. The zero-order chi connectivity index (χ0) is 17.2. The molecule has 124 valence electrons. The topological polar surface area (TPSA) is 46.2 Å². The molecule has 7 heteroatoms. The summed E-state index contributed by atoms with van der Waals surface area (Å²) >= 11 is 4.72. The first-order valence-electron chi connectivity index (χ1n) is 7.02. The molecule has 0 saturated heterocycles. The minimum absolute atomic E-state index is 0.167. The lowest BCUT2D eigenvalue weighted by atomic mass is 10.1. The fourth-order valence-corrected chi connectivity index (χ4v) is 4.94. The first kappa shape index (κ1) is 17.3. The number of nitrogens with one attached hydrogen (secondary N) is 1. The highest BCUT2D eigenvalue weighted by atomic mass is 79.9. The number of rotatable bonds is 5. The molecule has 0 aliphatic carbocycles. The van der Waals surface area contributed by atoms with Crippen molar-refractivity contribution in [1.29, 1.82) is 0 Å². The summed E-state index contributed by atoms with van der Waals surface area (Å²) in [5.74, 6) is -0.362. The summed E-state index contributed by atoms with van der Waals surface area (Å²) in [6.07, 6.45) is 0. The normalized spacial score (nSPS) is 12.9. The van der Waals surface area contributed by atoms with E-state index in [9.17, 15) is 12.8 Å². The van der Waals surface area contributed by atoms with Crippen LogP contribution in [0.4, 0.5) is 4.39 Å². The second kappa shape index (κ2) is 7.14. The van der Waals surface area contributed by atoms with E-state index in [-0.39, 0.29) is 10.7 Å². The van der Waals surface area contributed by atoms with Gasteiger partial charge in [0.15, 0.2) is 0 Å². The zero-order valence-corrected chi connectivity index (χ0v) is 15.5. The van der Waals surface area contributed by atoms with Crippen LogP contribution in [0.25, 0.3) is 0 Å². The maximum Gasteiger partial charge on any atom is 0.241 e. The van der Waals surface area contributed by atoms with E-state index in [4.69, 9.17) is 0 Å². The monoisotopic (exact) mass is 425 g/mol. The first-order valence-corrected chi connectivity index (χ1v) is 10.2. The highest BCUT2D eigenvalue weighted by Gasteiger charge is 2.23. The maximum absolute atomic E-state index is 13.2. The number of sulfonamides is 1. The fraction of sp³-hybridized carbons (Fsp3) is 0.0588. The van der Waals surface area contributed by atoms with Crippen LogP contribution < -0.4 is 4.72 Å². The molecule has 0 aliphatic heterocycles. The second-order valence-electron chi connectivity index (χ2n) is 5.08. The van der Waals surface area contributed by atoms with Gasteiger partial charge in [-0.15, -0.1) is 11.3 Å². The molecule has 0 amide bonds. The van der Waals surface area contributed by atoms with Crippen LogP contribution in [0.5, 0.6) is 0 Å². The van der Waals surface area contributed by atoms with Crippen LogP contribution in [0, 0.1) is 5.82 Å². The third kappa shape index (κ3) is 3.92. The van der Waals surface area contributed by atoms with E-state index in [1.807, 2.05) is 17.5 Å². The van der Waals surface area contributed by atoms with Crippen molar-refractivity contribution in [1.82, 2.24) is 4.72 Å². The molecule has 1 aromatic heterocycles. The summed E-state index contributed by atoms with van der Waals surface area (Å²) in [4.78, 5) is 1.00. The van der Waals surface area contributed by atoms with Gasteiger partial charge in [0.1, 0.15) is 5.82 Å². The van der Waals surface area contributed by atoms with Gasteiger partial charge >= 0.3 is 0 Å². The maximum atomic E-state index is 13.2. The Bertz CT molecular complexity index is 925. The smallest absolute Gasteiger partial charge is 0.207 e. The van der Waals surface area contributed by atoms with Crippen molar-refractivity contribution < 1.29 is 12.8 Å². The van der Waals surface area contributed by atoms with Gasteiger partial charge in [-0.2, -0.15) is 4.72 Å². The molecule has 0 fully saturated rings. The van der Waals surface area contributed by atoms with Crippen molar-refractivity contribution in [2.45, 2.75) is 10.9 Å². The molecule has 2 aromatic carbocycles. The Hall–Kier alpha value is -1.54. The minimum atomic E-state index is -3.73. The summed E-state index contributed by atoms with van der Waals surface area (Å²) in [6, 6.07) is 15.4.